The third-order valence-electron chi connectivity index (χ3n) is 3.29. The van der Waals surface area contributed by atoms with Crippen molar-refractivity contribution in [1.82, 2.24) is 15.2 Å². The summed E-state index contributed by atoms with van der Waals surface area (Å²) in [4.78, 5) is 8.23. The number of aromatic nitrogens is 1. The summed E-state index contributed by atoms with van der Waals surface area (Å²) >= 11 is 1.78. The first kappa shape index (κ1) is 15.2. The van der Waals surface area contributed by atoms with Crippen molar-refractivity contribution in [2.45, 2.75) is 26.4 Å². The molecular weight excluding hydrogens is 266 g/mol. The molecule has 1 aromatic heterocycles. The lowest BCUT2D eigenvalue weighted by molar-refractivity contribution is 0.402. The van der Waals surface area contributed by atoms with Crippen LogP contribution in [0.4, 0.5) is 0 Å². The maximum absolute atomic E-state index is 4.74. The number of thiazole rings is 1. The second-order valence-electron chi connectivity index (χ2n) is 5.39. The van der Waals surface area contributed by atoms with Gasteiger partial charge in [-0.2, -0.15) is 0 Å². The van der Waals surface area contributed by atoms with Gasteiger partial charge in [-0.15, -0.1) is 11.3 Å². The van der Waals surface area contributed by atoms with Gasteiger partial charge in [0.15, 0.2) is 0 Å². The largest absolute Gasteiger partial charge is 0.312 e. The van der Waals surface area contributed by atoms with Crippen molar-refractivity contribution in [2.75, 3.05) is 21.1 Å². The zero-order valence-electron chi connectivity index (χ0n) is 12.9. The molecule has 0 aliphatic rings. The second-order valence-corrected chi connectivity index (χ2v) is 6.63. The van der Waals surface area contributed by atoms with Gasteiger partial charge in [0.2, 0.25) is 0 Å². The molecule has 1 aromatic carbocycles. The molecule has 4 heteroatoms. The third-order valence-corrected chi connectivity index (χ3v) is 4.44. The molecule has 20 heavy (non-hydrogen) atoms. The van der Waals surface area contributed by atoms with Crippen LogP contribution in [0.25, 0.3) is 11.3 Å². The zero-order chi connectivity index (χ0) is 14.7. The highest BCUT2D eigenvalue weighted by atomic mass is 32.1. The van der Waals surface area contributed by atoms with Gasteiger partial charge >= 0.3 is 0 Å². The van der Waals surface area contributed by atoms with Crippen LogP contribution in [0.5, 0.6) is 0 Å². The Bertz CT molecular complexity index is 575. The average molecular weight is 289 g/mol. The number of hydrogen-bond acceptors (Lipinski definition) is 4. The predicted molar refractivity (Wildman–Crippen MR) is 87.2 cm³/mol. The lowest BCUT2D eigenvalue weighted by Crippen LogP contribution is -2.12. The van der Waals surface area contributed by atoms with Crippen molar-refractivity contribution in [2.24, 2.45) is 0 Å². The fraction of sp³-hybridized carbons (Fsp3) is 0.438. The molecular formula is C16H23N3S. The Hall–Kier alpha value is -1.23. The molecule has 0 aliphatic carbocycles. The molecule has 0 amide bonds. The molecule has 0 saturated heterocycles. The minimum atomic E-state index is 0.328. The van der Waals surface area contributed by atoms with Gasteiger partial charge < -0.3 is 10.2 Å². The van der Waals surface area contributed by atoms with Crippen molar-refractivity contribution >= 4 is 11.3 Å². The summed E-state index contributed by atoms with van der Waals surface area (Å²) in [5.74, 6) is 0. The highest BCUT2D eigenvalue weighted by Gasteiger charge is 2.16. The average Bonchev–Trinajstić information content (AvgIpc) is 2.79. The maximum Gasteiger partial charge on any atom is 0.0905 e. The second kappa shape index (κ2) is 6.48. The number of nitrogens with one attached hydrogen (secondary N) is 1. The van der Waals surface area contributed by atoms with Crippen LogP contribution >= 0.6 is 11.3 Å². The first-order chi connectivity index (χ1) is 9.51. The molecule has 1 unspecified atom stereocenters. The molecule has 0 radical (unpaired) electrons. The Balaban J connectivity index is 2.41. The van der Waals surface area contributed by atoms with Gasteiger partial charge in [0.05, 0.1) is 10.7 Å². The molecule has 1 atom stereocenters. The standard InChI is InChI=1S/C16H23N3S/c1-11(17-3)16-15(18-12(2)20-16)14-8-6-7-13(9-14)10-19(4)5/h6-9,11,17H,10H2,1-5H3. The summed E-state index contributed by atoms with van der Waals surface area (Å²) in [6, 6.07) is 9.02. The van der Waals surface area contributed by atoms with Crippen LogP contribution < -0.4 is 5.32 Å². The van der Waals surface area contributed by atoms with Crippen LogP contribution in [-0.4, -0.2) is 31.0 Å². The van der Waals surface area contributed by atoms with E-state index in [9.17, 15) is 0 Å². The van der Waals surface area contributed by atoms with E-state index in [-0.39, 0.29) is 0 Å². The van der Waals surface area contributed by atoms with Crippen LogP contribution in [0, 0.1) is 6.92 Å². The fourth-order valence-electron chi connectivity index (χ4n) is 2.26. The fourth-order valence-corrected chi connectivity index (χ4v) is 3.27. The Morgan fingerprint density at radius 2 is 2.10 bits per heavy atom. The van der Waals surface area contributed by atoms with E-state index >= 15 is 0 Å². The summed E-state index contributed by atoms with van der Waals surface area (Å²) in [6.45, 7) is 5.21. The Kier molecular flexibility index (Phi) is 4.91. The molecule has 1 N–H and O–H groups in total. The lowest BCUT2D eigenvalue weighted by Gasteiger charge is -2.12. The van der Waals surface area contributed by atoms with E-state index < -0.39 is 0 Å². The molecule has 0 saturated carbocycles. The quantitative estimate of drug-likeness (QED) is 0.913. The van der Waals surface area contributed by atoms with Crippen molar-refractivity contribution in [3.05, 3.63) is 39.7 Å². The van der Waals surface area contributed by atoms with Gasteiger partial charge in [-0.05, 0) is 46.6 Å². The zero-order valence-corrected chi connectivity index (χ0v) is 13.7. The smallest absolute Gasteiger partial charge is 0.0905 e. The lowest BCUT2D eigenvalue weighted by atomic mass is 10.1. The molecule has 3 nitrogen and oxygen atoms in total. The first-order valence-electron chi connectivity index (χ1n) is 6.90. The van der Waals surface area contributed by atoms with Crippen molar-refractivity contribution in [1.29, 1.82) is 0 Å². The highest BCUT2D eigenvalue weighted by Crippen LogP contribution is 2.33. The summed E-state index contributed by atoms with van der Waals surface area (Å²) in [7, 11) is 6.17. The summed E-state index contributed by atoms with van der Waals surface area (Å²) in [5.41, 5.74) is 3.65. The van der Waals surface area contributed by atoms with E-state index in [1.54, 1.807) is 11.3 Å². The summed E-state index contributed by atoms with van der Waals surface area (Å²) in [5, 5.41) is 4.43. The number of aryl methyl sites for hydroxylation is 1. The number of hydrogen-bond donors (Lipinski definition) is 1. The molecule has 0 fully saturated rings. The van der Waals surface area contributed by atoms with Gasteiger partial charge in [-0.3, -0.25) is 0 Å². The molecule has 1 heterocycles. The first-order valence-corrected chi connectivity index (χ1v) is 7.71. The van der Waals surface area contributed by atoms with E-state index in [2.05, 4.69) is 62.4 Å². The third kappa shape index (κ3) is 3.45. The molecule has 0 bridgehead atoms. The minimum Gasteiger partial charge on any atom is -0.312 e. The van der Waals surface area contributed by atoms with E-state index in [1.807, 2.05) is 7.05 Å². The van der Waals surface area contributed by atoms with E-state index in [1.165, 1.54) is 16.0 Å². The van der Waals surface area contributed by atoms with Crippen LogP contribution in [-0.2, 0) is 6.54 Å². The van der Waals surface area contributed by atoms with Crippen molar-refractivity contribution < 1.29 is 0 Å². The Morgan fingerprint density at radius 1 is 1.35 bits per heavy atom. The molecule has 2 aromatic rings. The van der Waals surface area contributed by atoms with Crippen molar-refractivity contribution in [3.63, 3.8) is 0 Å². The Labute approximate surface area is 125 Å². The van der Waals surface area contributed by atoms with E-state index in [0.717, 1.165) is 17.2 Å². The van der Waals surface area contributed by atoms with E-state index in [0.29, 0.717) is 6.04 Å². The number of nitrogens with zero attached hydrogens (tertiary/aromatic N) is 2. The normalized spacial score (nSPS) is 12.9. The SMILES string of the molecule is CNC(C)c1sc(C)nc1-c1cccc(CN(C)C)c1. The molecule has 0 spiro atoms. The topological polar surface area (TPSA) is 28.2 Å². The molecule has 108 valence electrons. The van der Waals surface area contributed by atoms with Gasteiger partial charge in [0.25, 0.3) is 0 Å². The molecule has 0 aliphatic heterocycles. The predicted octanol–water partition coefficient (Wildman–Crippen LogP) is 3.46. The van der Waals surface area contributed by atoms with Crippen molar-refractivity contribution in [3.8, 4) is 11.3 Å². The highest BCUT2D eigenvalue weighted by molar-refractivity contribution is 7.12. The maximum atomic E-state index is 4.74. The summed E-state index contributed by atoms with van der Waals surface area (Å²) < 4.78 is 0. The number of rotatable bonds is 5. The Morgan fingerprint density at radius 3 is 2.75 bits per heavy atom. The van der Waals surface area contributed by atoms with Gasteiger partial charge in [0.1, 0.15) is 0 Å². The van der Waals surface area contributed by atoms with Gasteiger partial charge in [-0.1, -0.05) is 18.2 Å². The number of benzene rings is 1. The van der Waals surface area contributed by atoms with Crippen LogP contribution in [0.2, 0.25) is 0 Å². The van der Waals surface area contributed by atoms with Gasteiger partial charge in [-0.25, -0.2) is 4.98 Å². The van der Waals surface area contributed by atoms with Crippen LogP contribution in [0.15, 0.2) is 24.3 Å². The minimum absolute atomic E-state index is 0.328. The molecule has 2 rings (SSSR count). The van der Waals surface area contributed by atoms with Crippen LogP contribution in [0.3, 0.4) is 0 Å². The monoisotopic (exact) mass is 289 g/mol. The van der Waals surface area contributed by atoms with Crippen LogP contribution in [0.1, 0.15) is 28.4 Å². The summed E-state index contributed by atoms with van der Waals surface area (Å²) in [6.07, 6.45) is 0. The van der Waals surface area contributed by atoms with Gasteiger partial charge in [0, 0.05) is 23.0 Å². The van der Waals surface area contributed by atoms with E-state index in [4.69, 9.17) is 4.98 Å².